The van der Waals surface area contributed by atoms with Gasteiger partial charge in [0, 0.05) is 31.1 Å². The molecule has 1 aliphatic heterocycles. The Labute approximate surface area is 313 Å². The van der Waals surface area contributed by atoms with Crippen LogP contribution in [0.4, 0.5) is 0 Å². The number of carbonyl (C=O) groups is 1. The van der Waals surface area contributed by atoms with Gasteiger partial charge in [0.15, 0.2) is 0 Å². The van der Waals surface area contributed by atoms with Crippen molar-refractivity contribution in [3.05, 3.63) is 109 Å². The second kappa shape index (κ2) is 14.8. The van der Waals surface area contributed by atoms with Gasteiger partial charge in [0.25, 0.3) is 0 Å². The summed E-state index contributed by atoms with van der Waals surface area (Å²) in [5.74, 6) is -0.991. The molecule has 1 atom stereocenters. The van der Waals surface area contributed by atoms with Gasteiger partial charge in [-0.05, 0) is 115 Å². The van der Waals surface area contributed by atoms with Gasteiger partial charge in [-0.25, -0.2) is 9.48 Å². The Morgan fingerprint density at radius 2 is 1.79 bits per heavy atom. The molecule has 2 fully saturated rings. The average molecular weight is 755 g/mol. The molecule has 5 N–H and O–H groups in total. The average Bonchev–Trinajstić information content (AvgIpc) is 3.95. The number of benzene rings is 2. The molecule has 0 amide bonds. The molecule has 12 nitrogen and oxygen atoms in total. The maximum Gasteiger partial charge on any atom is 0.347 e. The number of thiophene rings is 2. The molecule has 1 saturated heterocycles. The summed E-state index contributed by atoms with van der Waals surface area (Å²) >= 11 is 2.87. The van der Waals surface area contributed by atoms with Gasteiger partial charge in [-0.3, -0.25) is 4.79 Å². The first-order chi connectivity index (χ1) is 25.7. The van der Waals surface area contributed by atoms with E-state index >= 15 is 0 Å². The van der Waals surface area contributed by atoms with Crippen LogP contribution in [0.2, 0.25) is 0 Å². The maximum absolute atomic E-state index is 12.8. The minimum Gasteiger partial charge on any atom is -0.506 e. The minimum absolute atomic E-state index is 0.0373. The molecular weight excluding hydrogens is 713 g/mol. The highest BCUT2D eigenvalue weighted by Gasteiger charge is 2.53. The van der Waals surface area contributed by atoms with E-state index in [0.29, 0.717) is 23.0 Å². The van der Waals surface area contributed by atoms with E-state index in [9.17, 15) is 24.9 Å². The highest BCUT2D eigenvalue weighted by atomic mass is 32.1. The first kappa shape index (κ1) is 35.6. The van der Waals surface area contributed by atoms with E-state index in [2.05, 4.69) is 25.5 Å². The van der Waals surface area contributed by atoms with E-state index in [1.165, 1.54) is 34.8 Å². The molecule has 8 rings (SSSR count). The van der Waals surface area contributed by atoms with E-state index in [0.717, 1.165) is 84.6 Å². The molecule has 0 radical (unpaired) electrons. The summed E-state index contributed by atoms with van der Waals surface area (Å²) in [4.78, 5) is 31.1. The number of aromatic hydroxyl groups is 1. The standard InChI is InChI=1S/C39H42N6O6S2/c46-31-10-7-27(28-8-11-35(48)41-36(28)31)32(47)24-40-23-25-6-9-30-29(20-25)42-43-45(30)15-3-14-44-16-12-38(13-17-44)21-26(22-38)51-39(37(49)50,33-4-1-18-52-33)34-5-2-19-53-34/h1-2,4-11,18-20,26,32,40,46-47H,3,12-17,21-24H2,(H,41,48)(H,49,50)/t32-/m0/s1. The number of nitrogens with zero attached hydrogens (tertiary/aromatic N) is 4. The molecule has 1 saturated carbocycles. The van der Waals surface area contributed by atoms with Crippen molar-refractivity contribution in [3.8, 4) is 5.75 Å². The Bertz CT molecular complexity index is 2220. The van der Waals surface area contributed by atoms with Crippen LogP contribution in [-0.4, -0.2) is 78.4 Å². The molecule has 1 aliphatic carbocycles. The van der Waals surface area contributed by atoms with Crippen molar-refractivity contribution in [2.75, 3.05) is 26.2 Å². The van der Waals surface area contributed by atoms with Gasteiger partial charge in [-0.2, -0.15) is 0 Å². The van der Waals surface area contributed by atoms with Gasteiger partial charge < -0.3 is 35.3 Å². The molecule has 2 aliphatic rings. The Morgan fingerprint density at radius 1 is 1.04 bits per heavy atom. The lowest BCUT2D eigenvalue weighted by Crippen LogP contribution is -2.53. The number of ether oxygens (including phenoxy) is 1. The SMILES string of the molecule is O=C(O)C(OC1CC2(CCN(CCCn3nnc4cc(CNC[C@H](O)c5ccc(O)c6[nH]c(=O)ccc56)ccc43)CC2)C1)(c1cccs1)c1cccs1. The number of likely N-dealkylation sites (tertiary alicyclic amines) is 1. The Hall–Kier alpha value is -4.44. The molecule has 53 heavy (non-hydrogen) atoms. The Morgan fingerprint density at radius 3 is 2.49 bits per heavy atom. The quantitative estimate of drug-likeness (QED) is 0.0945. The number of nitrogens with one attached hydrogen (secondary N) is 2. The summed E-state index contributed by atoms with van der Waals surface area (Å²) in [6, 6.07) is 19.8. The van der Waals surface area contributed by atoms with Crippen molar-refractivity contribution >= 4 is 50.6 Å². The number of phenolic OH excluding ortho intramolecular Hbond substituents is 1. The minimum atomic E-state index is -1.44. The number of aliphatic hydroxyl groups is 1. The first-order valence-corrected chi connectivity index (χ1v) is 19.8. The van der Waals surface area contributed by atoms with Crippen molar-refractivity contribution in [2.24, 2.45) is 5.41 Å². The number of hydrogen-bond acceptors (Lipinski definition) is 11. The predicted octanol–water partition coefficient (Wildman–Crippen LogP) is 5.60. The van der Waals surface area contributed by atoms with Crippen LogP contribution in [0.3, 0.4) is 0 Å². The van der Waals surface area contributed by atoms with Crippen LogP contribution in [0, 0.1) is 5.41 Å². The van der Waals surface area contributed by atoms with Crippen molar-refractivity contribution in [1.82, 2.24) is 30.2 Å². The number of fused-ring (bicyclic) bond motifs is 2. The third-order valence-corrected chi connectivity index (χ3v) is 12.9. The van der Waals surface area contributed by atoms with Crippen molar-refractivity contribution in [1.29, 1.82) is 0 Å². The Kier molecular flexibility index (Phi) is 9.91. The van der Waals surface area contributed by atoms with Crippen LogP contribution < -0.4 is 10.9 Å². The zero-order valence-corrected chi connectivity index (χ0v) is 30.7. The number of H-pyrrole nitrogens is 1. The summed E-state index contributed by atoms with van der Waals surface area (Å²) in [7, 11) is 0. The topological polar surface area (TPSA) is 166 Å². The molecule has 0 unspecified atom stereocenters. The molecule has 2 aromatic carbocycles. The third-order valence-electron chi connectivity index (χ3n) is 11.0. The van der Waals surface area contributed by atoms with E-state index in [4.69, 9.17) is 4.74 Å². The smallest absolute Gasteiger partial charge is 0.347 e. The number of phenols is 1. The number of piperidine rings is 1. The van der Waals surface area contributed by atoms with Gasteiger partial charge in [-0.1, -0.05) is 29.5 Å². The van der Waals surface area contributed by atoms with Gasteiger partial charge in [0.1, 0.15) is 11.3 Å². The molecule has 4 aromatic heterocycles. The lowest BCUT2D eigenvalue weighted by atomic mass is 9.61. The first-order valence-electron chi connectivity index (χ1n) is 18.0. The van der Waals surface area contributed by atoms with E-state index in [-0.39, 0.29) is 29.4 Å². The van der Waals surface area contributed by atoms with Gasteiger partial charge in [0.05, 0.1) is 33.0 Å². The molecule has 276 valence electrons. The number of aliphatic carboxylic acids is 1. The fourth-order valence-corrected chi connectivity index (χ4v) is 9.91. The second-order valence-electron chi connectivity index (χ2n) is 14.4. The third kappa shape index (κ3) is 7.02. The van der Waals surface area contributed by atoms with Crippen LogP contribution in [0.25, 0.3) is 21.9 Å². The van der Waals surface area contributed by atoms with Crippen LogP contribution in [-0.2, 0) is 28.2 Å². The van der Waals surface area contributed by atoms with E-state index in [1.54, 1.807) is 12.1 Å². The number of pyridine rings is 1. The van der Waals surface area contributed by atoms with Crippen LogP contribution in [0.15, 0.2) is 82.3 Å². The number of aliphatic hydroxyl groups excluding tert-OH is 1. The molecule has 1 spiro atoms. The van der Waals surface area contributed by atoms with E-state index in [1.807, 2.05) is 57.9 Å². The molecule has 14 heteroatoms. The lowest BCUT2D eigenvalue weighted by Gasteiger charge is -2.53. The highest BCUT2D eigenvalue weighted by molar-refractivity contribution is 7.12. The fourth-order valence-electron chi connectivity index (χ4n) is 8.10. The fraction of sp³-hybridized carbons (Fsp3) is 0.385. The van der Waals surface area contributed by atoms with Crippen LogP contribution in [0.1, 0.15) is 59.1 Å². The predicted molar refractivity (Wildman–Crippen MR) is 204 cm³/mol. The summed E-state index contributed by atoms with van der Waals surface area (Å²) in [6.07, 6.45) is 4.03. The molecule has 0 bridgehead atoms. The van der Waals surface area contributed by atoms with Gasteiger partial charge in [0.2, 0.25) is 11.2 Å². The monoisotopic (exact) mass is 754 g/mol. The number of rotatable bonds is 14. The van der Waals surface area contributed by atoms with Crippen molar-refractivity contribution < 1.29 is 24.9 Å². The number of aryl methyl sites for hydroxylation is 1. The van der Waals surface area contributed by atoms with Crippen LogP contribution in [0.5, 0.6) is 5.75 Å². The normalized spacial score (nSPS) is 17.1. The number of hydrogen-bond donors (Lipinski definition) is 5. The molecule has 6 aromatic rings. The maximum atomic E-state index is 12.8. The summed E-state index contributed by atoms with van der Waals surface area (Å²) in [5, 5.41) is 48.1. The number of aromatic nitrogens is 4. The lowest BCUT2D eigenvalue weighted by molar-refractivity contribution is -0.190. The summed E-state index contributed by atoms with van der Waals surface area (Å²) < 4.78 is 8.52. The van der Waals surface area contributed by atoms with Gasteiger partial charge in [-0.15, -0.1) is 27.8 Å². The molecule has 5 heterocycles. The number of carboxylic acids is 1. The second-order valence-corrected chi connectivity index (χ2v) is 16.2. The van der Waals surface area contributed by atoms with Crippen LogP contribution >= 0.6 is 22.7 Å². The zero-order chi connectivity index (χ0) is 36.6. The summed E-state index contributed by atoms with van der Waals surface area (Å²) in [5.41, 5.74) is 2.23. The van der Waals surface area contributed by atoms with Crippen molar-refractivity contribution in [3.63, 3.8) is 0 Å². The van der Waals surface area contributed by atoms with Crippen molar-refractivity contribution in [2.45, 2.75) is 63.0 Å². The number of carboxylic acid groups (broad SMARTS) is 1. The van der Waals surface area contributed by atoms with Gasteiger partial charge >= 0.3 is 5.97 Å². The Balaban J connectivity index is 0.795. The zero-order valence-electron chi connectivity index (χ0n) is 29.1. The molecular formula is C39H42N6O6S2. The van der Waals surface area contributed by atoms with E-state index < -0.39 is 17.7 Å². The largest absolute Gasteiger partial charge is 0.506 e. The number of aromatic amines is 1. The highest BCUT2D eigenvalue weighted by Crippen LogP contribution is 2.53. The summed E-state index contributed by atoms with van der Waals surface area (Å²) in [6.45, 7) is 4.61.